The highest BCUT2D eigenvalue weighted by Gasteiger charge is 2.18. The number of benzene rings is 1. The Bertz CT molecular complexity index is 594. The maximum absolute atomic E-state index is 6.29. The summed E-state index contributed by atoms with van der Waals surface area (Å²) in [7, 11) is 0. The number of nitrogens with zero attached hydrogens (tertiary/aromatic N) is 2. The normalized spacial score (nSPS) is 12.4. The molecule has 1 aromatic carbocycles. The number of aryl methyl sites for hydroxylation is 1. The van der Waals surface area contributed by atoms with Crippen molar-refractivity contribution in [3.63, 3.8) is 0 Å². The monoisotopic (exact) mass is 310 g/mol. The van der Waals surface area contributed by atoms with Crippen molar-refractivity contribution in [2.75, 3.05) is 6.61 Å². The minimum atomic E-state index is -0.235. The predicted octanol–water partition coefficient (Wildman–Crippen LogP) is 4.86. The minimum absolute atomic E-state index is 0.235. The third-order valence-corrected chi connectivity index (χ3v) is 3.58. The second-order valence-electron chi connectivity index (χ2n) is 4.45. The highest BCUT2D eigenvalue weighted by Crippen LogP contribution is 2.35. The van der Waals surface area contributed by atoms with E-state index in [0.29, 0.717) is 28.3 Å². The smallest absolute Gasteiger partial charge is 0.160 e. The molecule has 0 bridgehead atoms. The Hall–Kier alpha value is -1.16. The van der Waals surface area contributed by atoms with E-state index in [-0.39, 0.29) is 6.10 Å². The van der Waals surface area contributed by atoms with Gasteiger partial charge in [-0.1, -0.05) is 47.5 Å². The molecule has 0 amide bonds. The van der Waals surface area contributed by atoms with Crippen molar-refractivity contribution < 1.29 is 4.74 Å². The van der Waals surface area contributed by atoms with Crippen molar-refractivity contribution in [1.82, 2.24) is 9.97 Å². The van der Waals surface area contributed by atoms with Crippen LogP contribution in [-0.4, -0.2) is 16.6 Å². The molecule has 106 valence electrons. The van der Waals surface area contributed by atoms with E-state index < -0.39 is 0 Å². The minimum Gasteiger partial charge on any atom is -0.371 e. The molecule has 2 rings (SSSR count). The molecule has 3 nitrogen and oxygen atoms in total. The van der Waals surface area contributed by atoms with Gasteiger partial charge in [-0.25, -0.2) is 9.97 Å². The third kappa shape index (κ3) is 3.11. The average Bonchev–Trinajstić information content (AvgIpc) is 2.40. The zero-order valence-corrected chi connectivity index (χ0v) is 13.2. The fourth-order valence-electron chi connectivity index (χ4n) is 2.01. The summed E-state index contributed by atoms with van der Waals surface area (Å²) in [6, 6.07) is 7.86. The van der Waals surface area contributed by atoms with Gasteiger partial charge in [-0.15, -0.1) is 0 Å². The first-order valence-corrected chi connectivity index (χ1v) is 7.20. The number of hydrogen-bond donors (Lipinski definition) is 0. The summed E-state index contributed by atoms with van der Waals surface area (Å²) in [6.07, 6.45) is -0.235. The Labute approximate surface area is 128 Å². The number of hydrogen-bond acceptors (Lipinski definition) is 3. The van der Waals surface area contributed by atoms with E-state index in [0.717, 1.165) is 11.1 Å². The molecule has 0 saturated heterocycles. The molecule has 20 heavy (non-hydrogen) atoms. The van der Waals surface area contributed by atoms with E-state index in [1.165, 1.54) is 0 Å². The maximum Gasteiger partial charge on any atom is 0.160 e. The highest BCUT2D eigenvalue weighted by molar-refractivity contribution is 6.37. The molecule has 0 N–H and O–H groups in total. The Kier molecular flexibility index (Phi) is 4.97. The summed E-state index contributed by atoms with van der Waals surface area (Å²) >= 11 is 12.6. The first-order chi connectivity index (χ1) is 9.54. The van der Waals surface area contributed by atoms with Gasteiger partial charge in [0.15, 0.2) is 5.82 Å². The first-order valence-electron chi connectivity index (χ1n) is 6.45. The summed E-state index contributed by atoms with van der Waals surface area (Å²) in [5.41, 5.74) is 2.68. The van der Waals surface area contributed by atoms with E-state index in [1.54, 1.807) is 0 Å². The van der Waals surface area contributed by atoms with Crippen LogP contribution in [-0.2, 0) is 4.74 Å². The molecule has 0 saturated carbocycles. The van der Waals surface area contributed by atoms with Crippen LogP contribution in [0.25, 0.3) is 11.1 Å². The molecule has 0 radical (unpaired) electrons. The summed E-state index contributed by atoms with van der Waals surface area (Å²) in [4.78, 5) is 8.63. The number of rotatable bonds is 4. The van der Waals surface area contributed by atoms with Crippen LogP contribution in [0.4, 0.5) is 0 Å². The van der Waals surface area contributed by atoms with Crippen LogP contribution in [0, 0.1) is 6.92 Å². The van der Waals surface area contributed by atoms with Crippen LogP contribution in [0.5, 0.6) is 0 Å². The molecule has 1 aromatic heterocycles. The Morgan fingerprint density at radius 2 is 1.75 bits per heavy atom. The van der Waals surface area contributed by atoms with Crippen LogP contribution in [0.2, 0.25) is 10.3 Å². The maximum atomic E-state index is 6.29. The Morgan fingerprint density at radius 3 is 2.30 bits per heavy atom. The lowest BCUT2D eigenvalue weighted by Gasteiger charge is -2.14. The van der Waals surface area contributed by atoms with Crippen molar-refractivity contribution in [1.29, 1.82) is 0 Å². The third-order valence-electron chi connectivity index (χ3n) is 3.03. The quantitative estimate of drug-likeness (QED) is 0.757. The van der Waals surface area contributed by atoms with Crippen LogP contribution in [0.15, 0.2) is 24.3 Å². The van der Waals surface area contributed by atoms with E-state index in [2.05, 4.69) is 9.97 Å². The number of aromatic nitrogens is 2. The second-order valence-corrected chi connectivity index (χ2v) is 5.17. The van der Waals surface area contributed by atoms with Crippen molar-refractivity contribution in [2.24, 2.45) is 0 Å². The SMILES string of the molecule is CCOC(C)c1nc(Cl)c(-c2ccccc2C)c(Cl)n1. The van der Waals surface area contributed by atoms with Gasteiger partial charge in [0.2, 0.25) is 0 Å². The molecule has 1 heterocycles. The van der Waals surface area contributed by atoms with Crippen LogP contribution in [0.3, 0.4) is 0 Å². The van der Waals surface area contributed by atoms with Gasteiger partial charge >= 0.3 is 0 Å². The molecule has 0 fully saturated rings. The van der Waals surface area contributed by atoms with Gasteiger partial charge in [0.05, 0.1) is 5.56 Å². The molecule has 1 atom stereocenters. The van der Waals surface area contributed by atoms with Gasteiger partial charge in [-0.3, -0.25) is 0 Å². The van der Waals surface area contributed by atoms with Crippen molar-refractivity contribution >= 4 is 23.2 Å². The van der Waals surface area contributed by atoms with E-state index in [1.807, 2.05) is 45.0 Å². The molecular formula is C15H16Cl2N2O. The average molecular weight is 311 g/mol. The Balaban J connectivity index is 2.50. The number of ether oxygens (including phenoxy) is 1. The fraction of sp³-hybridized carbons (Fsp3) is 0.333. The van der Waals surface area contributed by atoms with Gasteiger partial charge in [0.25, 0.3) is 0 Å². The molecule has 0 spiro atoms. The standard InChI is InChI=1S/C15H16Cl2N2O/c1-4-20-10(3)15-18-13(16)12(14(17)19-15)11-8-6-5-7-9(11)2/h5-8,10H,4H2,1-3H3. The number of halogens is 2. The summed E-state index contributed by atoms with van der Waals surface area (Å²) in [5.74, 6) is 0.499. The lowest BCUT2D eigenvalue weighted by Crippen LogP contribution is -2.06. The first kappa shape index (κ1) is 15.2. The molecule has 5 heteroatoms. The summed E-state index contributed by atoms with van der Waals surface area (Å²) in [5, 5.41) is 0.696. The van der Waals surface area contributed by atoms with Gasteiger partial charge in [0.1, 0.15) is 16.4 Å². The molecule has 2 aromatic rings. The topological polar surface area (TPSA) is 35.0 Å². The molecule has 0 aliphatic carbocycles. The summed E-state index contributed by atoms with van der Waals surface area (Å²) < 4.78 is 5.46. The lowest BCUT2D eigenvalue weighted by atomic mass is 10.0. The van der Waals surface area contributed by atoms with Gasteiger partial charge in [-0.2, -0.15) is 0 Å². The van der Waals surface area contributed by atoms with Gasteiger partial charge in [-0.05, 0) is 31.9 Å². The molecule has 1 unspecified atom stereocenters. The lowest BCUT2D eigenvalue weighted by molar-refractivity contribution is 0.0701. The second kappa shape index (κ2) is 6.53. The largest absolute Gasteiger partial charge is 0.371 e. The van der Waals surface area contributed by atoms with E-state index >= 15 is 0 Å². The Morgan fingerprint density at radius 1 is 1.15 bits per heavy atom. The summed E-state index contributed by atoms with van der Waals surface area (Å²) in [6.45, 7) is 6.37. The predicted molar refractivity (Wildman–Crippen MR) is 82.3 cm³/mol. The van der Waals surface area contributed by atoms with E-state index in [4.69, 9.17) is 27.9 Å². The zero-order chi connectivity index (χ0) is 14.7. The zero-order valence-electron chi connectivity index (χ0n) is 11.7. The molecule has 0 aliphatic heterocycles. The van der Waals surface area contributed by atoms with Crippen molar-refractivity contribution in [2.45, 2.75) is 26.9 Å². The van der Waals surface area contributed by atoms with Crippen molar-refractivity contribution in [3.8, 4) is 11.1 Å². The molecular weight excluding hydrogens is 295 g/mol. The van der Waals surface area contributed by atoms with Crippen molar-refractivity contribution in [3.05, 3.63) is 46.0 Å². The highest BCUT2D eigenvalue weighted by atomic mass is 35.5. The van der Waals surface area contributed by atoms with Gasteiger partial charge < -0.3 is 4.74 Å². The van der Waals surface area contributed by atoms with Gasteiger partial charge in [0, 0.05) is 6.61 Å². The molecule has 0 aliphatic rings. The fourth-order valence-corrected chi connectivity index (χ4v) is 2.61. The van der Waals surface area contributed by atoms with E-state index in [9.17, 15) is 0 Å². The van der Waals surface area contributed by atoms with Crippen LogP contribution < -0.4 is 0 Å². The van der Waals surface area contributed by atoms with Crippen LogP contribution in [0.1, 0.15) is 31.3 Å². The van der Waals surface area contributed by atoms with Crippen LogP contribution >= 0.6 is 23.2 Å².